The van der Waals surface area contributed by atoms with E-state index in [0.717, 1.165) is 29.0 Å². The second kappa shape index (κ2) is 11.5. The Labute approximate surface area is 213 Å². The Bertz CT molecular complexity index is 1220. The smallest absolute Gasteiger partial charge is 0.365 e. The maximum Gasteiger partial charge on any atom is 0.416 e. The van der Waals surface area contributed by atoms with Crippen LogP contribution in [0, 0.1) is 0 Å². The largest absolute Gasteiger partial charge is 0.416 e. The molecule has 36 heavy (non-hydrogen) atoms. The molecule has 4 rings (SSSR count). The summed E-state index contributed by atoms with van der Waals surface area (Å²) in [5.74, 6) is -0.291. The van der Waals surface area contributed by atoms with E-state index in [1.54, 1.807) is 6.07 Å². The summed E-state index contributed by atoms with van der Waals surface area (Å²) in [7, 11) is 0. The van der Waals surface area contributed by atoms with E-state index >= 15 is 0 Å². The van der Waals surface area contributed by atoms with Gasteiger partial charge < -0.3 is 5.73 Å². The molecule has 3 nitrogen and oxygen atoms in total. The molecular formula is C29H27F3N2OS. The topological polar surface area (TPSA) is 46.3 Å². The monoisotopic (exact) mass is 508 g/mol. The molecule has 0 saturated heterocycles. The van der Waals surface area contributed by atoms with Gasteiger partial charge >= 0.3 is 6.18 Å². The number of rotatable bonds is 10. The summed E-state index contributed by atoms with van der Waals surface area (Å²) in [6.07, 6.45) is -3.54. The molecule has 1 aromatic heterocycles. The third kappa shape index (κ3) is 6.83. The summed E-state index contributed by atoms with van der Waals surface area (Å²) in [6, 6.07) is 29.5. The Kier molecular flexibility index (Phi) is 8.23. The highest BCUT2D eigenvalue weighted by molar-refractivity contribution is 7.14. The number of nitrogens with zero attached hydrogens (tertiary/aromatic N) is 1. The fourth-order valence-electron chi connectivity index (χ4n) is 4.30. The summed E-state index contributed by atoms with van der Waals surface area (Å²) >= 11 is 1.35. The number of halogens is 3. The normalized spacial score (nSPS) is 11.8. The van der Waals surface area contributed by atoms with Crippen molar-refractivity contribution in [3.63, 3.8) is 0 Å². The fourth-order valence-corrected chi connectivity index (χ4v) is 5.20. The molecule has 0 atom stereocenters. The lowest BCUT2D eigenvalue weighted by molar-refractivity contribution is -0.137. The summed E-state index contributed by atoms with van der Waals surface area (Å²) in [5.41, 5.74) is 7.99. The van der Waals surface area contributed by atoms with E-state index in [4.69, 9.17) is 5.73 Å². The fraction of sp³-hybridized carbons (Fsp3) is 0.207. The molecule has 3 aromatic carbocycles. The van der Waals surface area contributed by atoms with Crippen molar-refractivity contribution >= 4 is 17.2 Å². The quantitative estimate of drug-likeness (QED) is 0.249. The zero-order chi connectivity index (χ0) is 25.5. The number of hydrogen-bond donors (Lipinski definition) is 1. The van der Waals surface area contributed by atoms with Gasteiger partial charge in [-0.15, -0.1) is 11.3 Å². The first kappa shape index (κ1) is 25.7. The molecule has 0 aliphatic carbocycles. The van der Waals surface area contributed by atoms with Crippen LogP contribution in [0.15, 0.2) is 97.1 Å². The van der Waals surface area contributed by atoms with Gasteiger partial charge in [-0.1, -0.05) is 72.8 Å². The van der Waals surface area contributed by atoms with Crippen molar-refractivity contribution in [1.82, 2.24) is 4.90 Å². The van der Waals surface area contributed by atoms with Gasteiger partial charge in [-0.3, -0.25) is 9.69 Å². The highest BCUT2D eigenvalue weighted by Crippen LogP contribution is 2.31. The molecule has 7 heteroatoms. The van der Waals surface area contributed by atoms with Crippen LogP contribution in [0.1, 0.15) is 49.1 Å². The lowest BCUT2D eigenvalue weighted by atomic mass is 9.88. The van der Waals surface area contributed by atoms with Gasteiger partial charge in [0.1, 0.15) is 0 Å². The maximum absolute atomic E-state index is 13.0. The minimum Gasteiger partial charge on any atom is -0.365 e. The Balaban J connectivity index is 1.56. The van der Waals surface area contributed by atoms with Crippen molar-refractivity contribution in [3.05, 3.63) is 129 Å². The third-order valence-electron chi connectivity index (χ3n) is 6.11. The van der Waals surface area contributed by atoms with Crippen molar-refractivity contribution in [3.8, 4) is 0 Å². The number of primary amides is 1. The first-order valence-corrected chi connectivity index (χ1v) is 12.5. The summed E-state index contributed by atoms with van der Waals surface area (Å²) in [4.78, 5) is 15.2. The predicted molar refractivity (Wildman–Crippen MR) is 138 cm³/mol. The number of alkyl halides is 3. The van der Waals surface area contributed by atoms with Crippen molar-refractivity contribution in [2.75, 3.05) is 6.54 Å². The molecular weight excluding hydrogens is 481 g/mol. The van der Waals surface area contributed by atoms with Crippen LogP contribution in [-0.2, 0) is 19.3 Å². The minimum atomic E-state index is -4.36. The molecule has 0 bridgehead atoms. The van der Waals surface area contributed by atoms with Crippen LogP contribution in [0.2, 0.25) is 0 Å². The minimum absolute atomic E-state index is 0.173. The van der Waals surface area contributed by atoms with E-state index in [-0.39, 0.29) is 5.92 Å². The predicted octanol–water partition coefficient (Wildman–Crippen LogP) is 7.09. The molecule has 2 N–H and O–H groups in total. The SMILES string of the molecule is NC(=O)c1ccc(CN(CCC(c2ccccc2)c2ccccc2)Cc2ccc(C(F)(F)F)cc2)s1. The van der Waals surface area contributed by atoms with Gasteiger partial charge in [-0.2, -0.15) is 13.2 Å². The number of carbonyl (C=O) groups is 1. The molecule has 0 radical (unpaired) electrons. The van der Waals surface area contributed by atoms with Gasteiger partial charge in [-0.05, 0) is 53.9 Å². The Morgan fingerprint density at radius 1 is 0.806 bits per heavy atom. The van der Waals surface area contributed by atoms with E-state index in [9.17, 15) is 18.0 Å². The van der Waals surface area contributed by atoms with E-state index < -0.39 is 17.6 Å². The lowest BCUT2D eigenvalue weighted by Gasteiger charge is -2.26. The molecule has 1 amide bonds. The number of nitrogens with two attached hydrogens (primary N) is 1. The summed E-state index contributed by atoms with van der Waals surface area (Å²) < 4.78 is 39.1. The van der Waals surface area contributed by atoms with Crippen LogP contribution in [0.5, 0.6) is 0 Å². The number of carbonyl (C=O) groups excluding carboxylic acids is 1. The number of hydrogen-bond acceptors (Lipinski definition) is 3. The van der Waals surface area contributed by atoms with E-state index in [1.165, 1.54) is 34.6 Å². The molecule has 0 spiro atoms. The number of benzene rings is 3. The average molecular weight is 509 g/mol. The highest BCUT2D eigenvalue weighted by atomic mass is 32.1. The molecule has 0 unspecified atom stereocenters. The first-order valence-electron chi connectivity index (χ1n) is 11.7. The standard InChI is InChI=1S/C29H27F3N2OS/c30-29(31,32)24-13-11-21(12-14-24)19-34(20-25-15-16-27(36-25)28(33)35)18-17-26(22-7-3-1-4-8-22)23-9-5-2-6-10-23/h1-16,26H,17-20H2,(H2,33,35). The van der Waals surface area contributed by atoms with Crippen LogP contribution in [0.3, 0.4) is 0 Å². The lowest BCUT2D eigenvalue weighted by Crippen LogP contribution is -2.25. The van der Waals surface area contributed by atoms with Crippen molar-refractivity contribution in [2.45, 2.75) is 31.6 Å². The first-order chi connectivity index (χ1) is 17.3. The zero-order valence-electron chi connectivity index (χ0n) is 19.6. The third-order valence-corrected chi connectivity index (χ3v) is 7.19. The van der Waals surface area contributed by atoms with Gasteiger partial charge in [0.05, 0.1) is 10.4 Å². The number of thiophene rings is 1. The van der Waals surface area contributed by atoms with Gasteiger partial charge in [0.25, 0.3) is 5.91 Å². The Hall–Kier alpha value is -3.42. The van der Waals surface area contributed by atoms with Gasteiger partial charge in [0.2, 0.25) is 0 Å². The van der Waals surface area contributed by atoms with Crippen LogP contribution >= 0.6 is 11.3 Å². The van der Waals surface area contributed by atoms with E-state index in [0.29, 0.717) is 24.5 Å². The van der Waals surface area contributed by atoms with Crippen molar-refractivity contribution < 1.29 is 18.0 Å². The molecule has 186 valence electrons. The van der Waals surface area contributed by atoms with Crippen LogP contribution in [0.4, 0.5) is 13.2 Å². The van der Waals surface area contributed by atoms with Crippen LogP contribution < -0.4 is 5.73 Å². The van der Waals surface area contributed by atoms with Gasteiger partial charge in [0, 0.05) is 23.9 Å². The summed E-state index contributed by atoms with van der Waals surface area (Å²) in [5, 5.41) is 0. The second-order valence-electron chi connectivity index (χ2n) is 8.70. The maximum atomic E-state index is 13.0. The van der Waals surface area contributed by atoms with Gasteiger partial charge in [-0.25, -0.2) is 0 Å². The van der Waals surface area contributed by atoms with Gasteiger partial charge in [0.15, 0.2) is 0 Å². The van der Waals surface area contributed by atoms with Crippen LogP contribution in [0.25, 0.3) is 0 Å². The highest BCUT2D eigenvalue weighted by Gasteiger charge is 2.30. The molecule has 0 fully saturated rings. The van der Waals surface area contributed by atoms with Crippen molar-refractivity contribution in [2.24, 2.45) is 5.73 Å². The molecule has 0 saturated carbocycles. The Morgan fingerprint density at radius 3 is 1.89 bits per heavy atom. The zero-order valence-corrected chi connectivity index (χ0v) is 20.4. The number of amides is 1. The van der Waals surface area contributed by atoms with E-state index in [1.807, 2.05) is 42.5 Å². The second-order valence-corrected chi connectivity index (χ2v) is 9.87. The Morgan fingerprint density at radius 2 is 1.39 bits per heavy atom. The molecule has 0 aliphatic heterocycles. The van der Waals surface area contributed by atoms with Crippen molar-refractivity contribution in [1.29, 1.82) is 0 Å². The molecule has 0 aliphatic rings. The average Bonchev–Trinajstić information content (AvgIpc) is 3.34. The molecule has 4 aromatic rings. The molecule has 1 heterocycles. The van der Waals surface area contributed by atoms with Crippen LogP contribution in [-0.4, -0.2) is 17.4 Å². The summed E-state index contributed by atoms with van der Waals surface area (Å²) in [6.45, 7) is 1.76. The van der Waals surface area contributed by atoms with E-state index in [2.05, 4.69) is 29.2 Å².